The molecule has 218 valence electrons. The van der Waals surface area contributed by atoms with Gasteiger partial charge in [0.1, 0.15) is 23.0 Å². The van der Waals surface area contributed by atoms with Gasteiger partial charge in [-0.05, 0) is 42.0 Å². The van der Waals surface area contributed by atoms with Crippen molar-refractivity contribution in [2.45, 2.75) is 37.7 Å². The second-order valence-corrected chi connectivity index (χ2v) is 8.15. The number of ether oxygens (including phenoxy) is 3. The smallest absolute Gasteiger partial charge is 0.457 e. The third-order valence-electron chi connectivity index (χ3n) is 5.07. The largest absolute Gasteiger partial charge is 0.499 e. The van der Waals surface area contributed by atoms with Crippen LogP contribution >= 0.6 is 0 Å². The fourth-order valence-electron chi connectivity index (χ4n) is 3.30. The van der Waals surface area contributed by atoms with Crippen molar-refractivity contribution in [3.8, 4) is 23.0 Å². The molecular formula is C25H19F10NO4. The Hall–Kier alpha value is -3.88. The first-order chi connectivity index (χ1) is 18.5. The summed E-state index contributed by atoms with van der Waals surface area (Å²) in [5, 5.41) is 9.68. The molecule has 5 nitrogen and oxygen atoms in total. The minimum atomic E-state index is -6.02. The van der Waals surface area contributed by atoms with Gasteiger partial charge in [-0.2, -0.15) is 43.9 Å². The first-order valence-corrected chi connectivity index (χ1v) is 11.1. The molecule has 0 aliphatic heterocycles. The summed E-state index contributed by atoms with van der Waals surface area (Å²) >= 11 is 0. The monoisotopic (exact) mass is 587 g/mol. The van der Waals surface area contributed by atoms with Crippen molar-refractivity contribution in [2.24, 2.45) is 0 Å². The van der Waals surface area contributed by atoms with E-state index in [-0.39, 0.29) is 28.5 Å². The standard InChI is InChI=1S/C25H19F10NO4/c26-22(27)39-19-8-3-7-18(12-19)38-17-6-2-5-16(11-17)36(14-21(37)23(28,29)30)13-15-4-1-9-20(10-15)40-25(34,35)24(31,32)33/h1-12,21-22,37H,13-14H2. The van der Waals surface area contributed by atoms with Gasteiger partial charge in [-0.15, -0.1) is 0 Å². The molecule has 0 bridgehead atoms. The molecule has 0 saturated heterocycles. The van der Waals surface area contributed by atoms with Gasteiger partial charge in [0.2, 0.25) is 0 Å². The first kappa shape index (κ1) is 30.7. The average molecular weight is 587 g/mol. The zero-order valence-electron chi connectivity index (χ0n) is 19.9. The van der Waals surface area contributed by atoms with Crippen LogP contribution in [0.1, 0.15) is 5.56 Å². The summed E-state index contributed by atoms with van der Waals surface area (Å²) in [6, 6.07) is 14.3. The second kappa shape index (κ2) is 12.1. The Kier molecular flexibility index (Phi) is 9.28. The number of alkyl halides is 10. The minimum absolute atomic E-state index is 0.0210. The molecule has 0 saturated carbocycles. The lowest BCUT2D eigenvalue weighted by atomic mass is 10.1. The fourth-order valence-corrected chi connectivity index (χ4v) is 3.30. The van der Waals surface area contributed by atoms with Crippen LogP contribution in [-0.2, 0) is 6.54 Å². The third-order valence-corrected chi connectivity index (χ3v) is 5.07. The van der Waals surface area contributed by atoms with Crippen LogP contribution in [0.15, 0.2) is 72.8 Å². The van der Waals surface area contributed by atoms with Crippen molar-refractivity contribution < 1.29 is 63.2 Å². The first-order valence-electron chi connectivity index (χ1n) is 11.1. The molecule has 1 N–H and O–H groups in total. The van der Waals surface area contributed by atoms with Crippen molar-refractivity contribution in [3.05, 3.63) is 78.4 Å². The minimum Gasteiger partial charge on any atom is -0.457 e. The average Bonchev–Trinajstić information content (AvgIpc) is 2.82. The number of aliphatic hydroxyl groups is 1. The van der Waals surface area contributed by atoms with Crippen LogP contribution in [0.25, 0.3) is 0 Å². The second-order valence-electron chi connectivity index (χ2n) is 8.15. The molecule has 40 heavy (non-hydrogen) atoms. The van der Waals surface area contributed by atoms with Gasteiger partial charge in [0, 0.05) is 24.4 Å². The zero-order chi connectivity index (χ0) is 29.7. The quantitative estimate of drug-likeness (QED) is 0.235. The fraction of sp³-hybridized carbons (Fsp3) is 0.280. The molecule has 3 aromatic carbocycles. The van der Waals surface area contributed by atoms with E-state index in [2.05, 4.69) is 9.47 Å². The van der Waals surface area contributed by atoms with Gasteiger partial charge in [-0.25, -0.2) is 0 Å². The number of hydrogen-bond donors (Lipinski definition) is 1. The van der Waals surface area contributed by atoms with Crippen molar-refractivity contribution in [1.82, 2.24) is 0 Å². The lowest BCUT2D eigenvalue weighted by Crippen LogP contribution is -2.42. The van der Waals surface area contributed by atoms with E-state index in [4.69, 9.17) is 4.74 Å². The summed E-state index contributed by atoms with van der Waals surface area (Å²) in [7, 11) is 0. The number of anilines is 1. The normalized spacial score (nSPS) is 13.2. The molecule has 3 rings (SSSR count). The van der Waals surface area contributed by atoms with Crippen LogP contribution < -0.4 is 19.1 Å². The van der Waals surface area contributed by atoms with E-state index in [0.717, 1.165) is 29.2 Å². The van der Waals surface area contributed by atoms with Gasteiger partial charge in [-0.1, -0.05) is 24.3 Å². The molecule has 3 aromatic rings. The van der Waals surface area contributed by atoms with Crippen LogP contribution in [0, 0.1) is 0 Å². The Bertz CT molecular complexity index is 1270. The summed E-state index contributed by atoms with van der Waals surface area (Å²) in [6.07, 6.45) is -19.5. The molecule has 15 heteroatoms. The van der Waals surface area contributed by atoms with Crippen LogP contribution in [0.5, 0.6) is 23.0 Å². The molecule has 0 aliphatic rings. The Morgan fingerprint density at radius 3 is 1.93 bits per heavy atom. The van der Waals surface area contributed by atoms with Gasteiger partial charge in [0.25, 0.3) is 0 Å². The Morgan fingerprint density at radius 2 is 1.30 bits per heavy atom. The molecule has 1 atom stereocenters. The van der Waals surface area contributed by atoms with E-state index in [1.165, 1.54) is 48.5 Å². The highest BCUT2D eigenvalue weighted by Crippen LogP contribution is 2.38. The molecular weight excluding hydrogens is 568 g/mol. The zero-order valence-corrected chi connectivity index (χ0v) is 19.9. The van der Waals surface area contributed by atoms with Crippen molar-refractivity contribution in [1.29, 1.82) is 0 Å². The summed E-state index contributed by atoms with van der Waals surface area (Å²) < 4.78 is 142. The van der Waals surface area contributed by atoms with Crippen molar-refractivity contribution in [3.63, 3.8) is 0 Å². The Morgan fingerprint density at radius 1 is 0.725 bits per heavy atom. The number of benzene rings is 3. The predicted molar refractivity (Wildman–Crippen MR) is 121 cm³/mol. The molecule has 0 aliphatic carbocycles. The maximum Gasteiger partial charge on any atom is 0.499 e. The van der Waals surface area contributed by atoms with Crippen molar-refractivity contribution in [2.75, 3.05) is 11.4 Å². The molecule has 0 radical (unpaired) electrons. The van der Waals surface area contributed by atoms with Gasteiger partial charge in [0.15, 0.2) is 6.10 Å². The topological polar surface area (TPSA) is 51.2 Å². The van der Waals surface area contributed by atoms with Gasteiger partial charge in [0.05, 0.1) is 6.54 Å². The molecule has 1 unspecified atom stereocenters. The van der Waals surface area contributed by atoms with E-state index in [0.29, 0.717) is 0 Å². The van der Waals surface area contributed by atoms with Crippen LogP contribution in [-0.4, -0.2) is 42.8 Å². The van der Waals surface area contributed by atoms with E-state index < -0.39 is 50.0 Å². The predicted octanol–water partition coefficient (Wildman–Crippen LogP) is 7.54. The maximum atomic E-state index is 13.3. The number of aliphatic hydroxyl groups excluding tert-OH is 1. The highest BCUT2D eigenvalue weighted by Gasteiger charge is 2.61. The summed E-state index contributed by atoms with van der Waals surface area (Å²) in [6.45, 7) is -4.66. The molecule has 0 heterocycles. The number of halogens is 10. The van der Waals surface area contributed by atoms with Crippen LogP contribution in [0.3, 0.4) is 0 Å². The highest BCUT2D eigenvalue weighted by molar-refractivity contribution is 5.52. The number of rotatable bonds is 11. The van der Waals surface area contributed by atoms with Gasteiger partial charge in [-0.3, -0.25) is 0 Å². The lowest BCUT2D eigenvalue weighted by molar-refractivity contribution is -0.360. The molecule has 0 fully saturated rings. The lowest BCUT2D eigenvalue weighted by Gasteiger charge is -2.29. The Balaban J connectivity index is 1.88. The number of nitrogens with zero attached hydrogens (tertiary/aromatic N) is 1. The SMILES string of the molecule is OC(CN(Cc1cccc(OC(F)(F)C(F)(F)F)c1)c1cccc(Oc2cccc(OC(F)F)c2)c1)C(F)(F)F. The van der Waals surface area contributed by atoms with E-state index in [1.54, 1.807) is 0 Å². The molecule has 0 aromatic heterocycles. The van der Waals surface area contributed by atoms with Crippen LogP contribution in [0.2, 0.25) is 0 Å². The van der Waals surface area contributed by atoms with E-state index in [9.17, 15) is 49.0 Å². The summed E-state index contributed by atoms with van der Waals surface area (Å²) in [5.74, 6) is -1.07. The van der Waals surface area contributed by atoms with E-state index >= 15 is 0 Å². The summed E-state index contributed by atoms with van der Waals surface area (Å²) in [4.78, 5) is 0.975. The van der Waals surface area contributed by atoms with Crippen molar-refractivity contribution >= 4 is 5.69 Å². The van der Waals surface area contributed by atoms with Gasteiger partial charge >= 0.3 is 25.1 Å². The van der Waals surface area contributed by atoms with E-state index in [1.807, 2.05) is 0 Å². The Labute approximate surface area is 220 Å². The van der Waals surface area contributed by atoms with Gasteiger partial charge < -0.3 is 24.2 Å². The number of hydrogen-bond acceptors (Lipinski definition) is 5. The van der Waals surface area contributed by atoms with Crippen LogP contribution in [0.4, 0.5) is 49.6 Å². The molecule has 0 spiro atoms. The molecule has 0 amide bonds. The summed E-state index contributed by atoms with van der Waals surface area (Å²) in [5.41, 5.74) is -0.0132. The highest BCUT2D eigenvalue weighted by atomic mass is 19.4. The third kappa shape index (κ3) is 8.56. The maximum absolute atomic E-state index is 13.3.